The highest BCUT2D eigenvalue weighted by Crippen LogP contribution is 2.18. The summed E-state index contributed by atoms with van der Waals surface area (Å²) in [6.45, 7) is 22.4. The molecule has 336 valence electrons. The molecule has 2 rings (SSSR count). The van der Waals surface area contributed by atoms with E-state index in [1.807, 2.05) is 30.3 Å². The van der Waals surface area contributed by atoms with Crippen LogP contribution < -0.4 is 26.6 Å². The van der Waals surface area contributed by atoms with Crippen molar-refractivity contribution in [1.29, 1.82) is 0 Å². The predicted octanol–water partition coefficient (Wildman–Crippen LogP) is 3.27. The monoisotopic (exact) mass is 844 g/mol. The third kappa shape index (κ3) is 17.7. The Balaban J connectivity index is 2.51. The summed E-state index contributed by atoms with van der Waals surface area (Å²) in [6.07, 6.45) is 0.455. The summed E-state index contributed by atoms with van der Waals surface area (Å²) in [5, 5.41) is 13.6. The van der Waals surface area contributed by atoms with Crippen molar-refractivity contribution in [2.75, 3.05) is 7.11 Å². The van der Waals surface area contributed by atoms with Gasteiger partial charge in [-0.1, -0.05) is 44.2 Å². The van der Waals surface area contributed by atoms with Crippen molar-refractivity contribution in [2.45, 2.75) is 162 Å². The Hall–Kier alpha value is -5.03. The number of nitrogens with zero attached hydrogens (tertiary/aromatic N) is 2. The number of nitrogens with one attached hydrogen (secondary N) is 5. The fourth-order valence-electron chi connectivity index (χ4n) is 6.21. The van der Waals surface area contributed by atoms with Crippen LogP contribution in [0.3, 0.4) is 0 Å². The number of methoxy groups -OCH3 is 1. The van der Waals surface area contributed by atoms with Crippen LogP contribution in [0.15, 0.2) is 42.9 Å². The number of ether oxygens (including phenoxy) is 4. The van der Waals surface area contributed by atoms with E-state index in [-0.39, 0.29) is 12.8 Å². The zero-order chi connectivity index (χ0) is 45.7. The first-order chi connectivity index (χ1) is 27.6. The van der Waals surface area contributed by atoms with Crippen LogP contribution in [0, 0.1) is 5.92 Å². The smallest absolute Gasteiger partial charge is 0.408 e. The summed E-state index contributed by atoms with van der Waals surface area (Å²) in [5.41, 5.74) is -1.02. The molecular formula is C43H69N7O10. The molecule has 0 aliphatic rings. The molecule has 17 nitrogen and oxygen atoms in total. The van der Waals surface area contributed by atoms with Gasteiger partial charge in [-0.25, -0.2) is 14.6 Å². The van der Waals surface area contributed by atoms with Crippen LogP contribution in [0.25, 0.3) is 0 Å². The number of hydrogen-bond donors (Lipinski definition) is 5. The van der Waals surface area contributed by atoms with Crippen LogP contribution >= 0.6 is 0 Å². The van der Waals surface area contributed by atoms with Gasteiger partial charge in [-0.15, -0.1) is 0 Å². The van der Waals surface area contributed by atoms with E-state index in [1.165, 1.54) is 7.11 Å². The number of benzene rings is 1. The minimum Gasteiger partial charge on any atom is -0.467 e. The predicted molar refractivity (Wildman–Crippen MR) is 225 cm³/mol. The first-order valence-electron chi connectivity index (χ1n) is 20.2. The van der Waals surface area contributed by atoms with Gasteiger partial charge in [0.2, 0.25) is 23.6 Å². The molecule has 60 heavy (non-hydrogen) atoms. The summed E-state index contributed by atoms with van der Waals surface area (Å²) < 4.78 is 24.4. The van der Waals surface area contributed by atoms with E-state index in [0.29, 0.717) is 5.69 Å². The molecule has 5 amide bonds. The molecule has 5 N–H and O–H groups in total. The number of carbonyl (C=O) groups excluding carboxylic acids is 6. The van der Waals surface area contributed by atoms with Gasteiger partial charge in [-0.2, -0.15) is 0 Å². The Bertz CT molecular complexity index is 1740. The summed E-state index contributed by atoms with van der Waals surface area (Å²) in [7, 11) is 2.96. The zero-order valence-electron chi connectivity index (χ0n) is 38.1. The topological polar surface area (TPSA) is 217 Å². The van der Waals surface area contributed by atoms with Crippen LogP contribution in [0.5, 0.6) is 0 Å². The van der Waals surface area contributed by atoms with Gasteiger partial charge in [-0.3, -0.25) is 19.2 Å². The second kappa shape index (κ2) is 22.0. The van der Waals surface area contributed by atoms with Gasteiger partial charge in [0.05, 0.1) is 36.8 Å². The lowest BCUT2D eigenvalue weighted by Gasteiger charge is -2.35. The molecule has 17 heteroatoms. The fraction of sp³-hybridized carbons (Fsp3) is 0.651. The van der Waals surface area contributed by atoms with Gasteiger partial charge >= 0.3 is 12.1 Å². The second-order valence-electron chi connectivity index (χ2n) is 18.2. The van der Waals surface area contributed by atoms with E-state index in [0.717, 1.165) is 5.56 Å². The van der Waals surface area contributed by atoms with E-state index >= 15 is 0 Å². The molecule has 0 saturated carbocycles. The third-order valence-corrected chi connectivity index (χ3v) is 8.85. The lowest BCUT2D eigenvalue weighted by molar-refractivity contribution is -0.146. The summed E-state index contributed by atoms with van der Waals surface area (Å²) in [5.74, 6) is -4.09. The minimum absolute atomic E-state index is 0.00719. The van der Waals surface area contributed by atoms with Gasteiger partial charge in [-0.05, 0) is 87.6 Å². The van der Waals surface area contributed by atoms with Crippen molar-refractivity contribution >= 4 is 35.7 Å². The number of alkyl carbamates (subject to hydrolysis) is 1. The SMILES string of the molecule is COC(=O)[C@H](Cc1ccccc1)NC(=O)[C@H](NC(=O)[C@H](NC(=O)[C@H](NC(=O)[C@H](Cc1cncn1C)NC(=O)OC(C)(C)C)[C@@H](C)OC(C)(C)C)[C@@H](C)OC(C)(C)C)C(C)C. The van der Waals surface area contributed by atoms with Crippen LogP contribution in [-0.4, -0.2) is 112 Å². The highest BCUT2D eigenvalue weighted by atomic mass is 16.6. The summed E-state index contributed by atoms with van der Waals surface area (Å²) in [6, 6.07) is 2.83. The third-order valence-electron chi connectivity index (χ3n) is 8.85. The van der Waals surface area contributed by atoms with E-state index in [9.17, 15) is 28.8 Å². The molecule has 0 aliphatic carbocycles. The average molecular weight is 844 g/mol. The number of aromatic nitrogens is 2. The van der Waals surface area contributed by atoms with Crippen LogP contribution in [0.4, 0.5) is 4.79 Å². The van der Waals surface area contributed by atoms with E-state index < -0.39 is 101 Å². The van der Waals surface area contributed by atoms with Crippen molar-refractivity contribution < 1.29 is 47.7 Å². The summed E-state index contributed by atoms with van der Waals surface area (Å²) in [4.78, 5) is 86.6. The Morgan fingerprint density at radius 1 is 0.633 bits per heavy atom. The standard InChI is InChI=1S/C43H69N7O10/c1-25(2)32(36(52)45-31(39(55)57-15)21-28-19-17-16-18-20-28)47-37(53)34(27(4)59-42(8,9)10)49-38(54)33(26(3)58-41(5,6)7)48-35(51)30(22-29-23-44-24-50(29)14)46-40(56)60-43(11,12)13/h16-20,23-27,30-34H,21-22H2,1-15H3,(H,45,52)(H,46,56)(H,47,53)(H,48,51)(H,49,54)/t26-,27-,30+,31+,32-,33-,34-/m1/s1. The minimum atomic E-state index is -1.41. The first-order valence-corrected chi connectivity index (χ1v) is 20.2. The van der Waals surface area contributed by atoms with Crippen LogP contribution in [0.2, 0.25) is 0 Å². The highest BCUT2D eigenvalue weighted by Gasteiger charge is 2.40. The van der Waals surface area contributed by atoms with Crippen molar-refractivity contribution in [3.63, 3.8) is 0 Å². The van der Waals surface area contributed by atoms with Gasteiger partial charge in [0.15, 0.2) is 0 Å². The molecule has 0 unspecified atom stereocenters. The Morgan fingerprint density at radius 3 is 1.55 bits per heavy atom. The lowest BCUT2D eigenvalue weighted by Crippen LogP contribution is -2.64. The Morgan fingerprint density at radius 2 is 1.12 bits per heavy atom. The molecule has 0 aliphatic heterocycles. The van der Waals surface area contributed by atoms with E-state index in [1.54, 1.807) is 114 Å². The van der Waals surface area contributed by atoms with Crippen molar-refractivity contribution in [3.8, 4) is 0 Å². The second-order valence-corrected chi connectivity index (χ2v) is 18.2. The van der Waals surface area contributed by atoms with E-state index in [2.05, 4.69) is 31.6 Å². The number of aryl methyl sites for hydroxylation is 1. The van der Waals surface area contributed by atoms with Gasteiger partial charge < -0.3 is 50.1 Å². The maximum Gasteiger partial charge on any atom is 0.408 e. The molecule has 1 heterocycles. The number of carbonyl (C=O) groups is 6. The number of rotatable bonds is 19. The van der Waals surface area contributed by atoms with Crippen molar-refractivity contribution in [3.05, 3.63) is 54.1 Å². The maximum atomic E-state index is 14.5. The number of imidazole rings is 1. The van der Waals surface area contributed by atoms with Crippen LogP contribution in [0.1, 0.15) is 101 Å². The molecule has 0 radical (unpaired) electrons. The molecule has 0 fully saturated rings. The van der Waals surface area contributed by atoms with Crippen LogP contribution in [-0.2, 0) is 62.8 Å². The highest BCUT2D eigenvalue weighted by molar-refractivity contribution is 5.96. The molecule has 0 bridgehead atoms. The molecule has 1 aromatic carbocycles. The molecular weight excluding hydrogens is 775 g/mol. The molecule has 0 saturated heterocycles. The van der Waals surface area contributed by atoms with Crippen molar-refractivity contribution in [1.82, 2.24) is 36.1 Å². The first kappa shape index (κ1) is 51.1. The van der Waals surface area contributed by atoms with Gasteiger partial charge in [0, 0.05) is 31.8 Å². The maximum absolute atomic E-state index is 14.5. The average Bonchev–Trinajstić information content (AvgIpc) is 3.51. The largest absolute Gasteiger partial charge is 0.467 e. The van der Waals surface area contributed by atoms with E-state index in [4.69, 9.17) is 18.9 Å². The van der Waals surface area contributed by atoms with Crippen molar-refractivity contribution in [2.24, 2.45) is 13.0 Å². The quantitative estimate of drug-likeness (QED) is 0.129. The van der Waals surface area contributed by atoms with Gasteiger partial charge in [0.25, 0.3) is 0 Å². The molecule has 0 spiro atoms. The number of hydrogen-bond acceptors (Lipinski definition) is 11. The normalized spacial score (nSPS) is 15.6. The number of esters is 1. The molecule has 1 aromatic heterocycles. The van der Waals surface area contributed by atoms with Gasteiger partial charge in [0.1, 0.15) is 35.8 Å². The molecule has 2 aromatic rings. The Labute approximate surface area is 355 Å². The lowest BCUT2D eigenvalue weighted by atomic mass is 10.00. The molecule has 7 atom stereocenters. The fourth-order valence-corrected chi connectivity index (χ4v) is 6.21. The summed E-state index contributed by atoms with van der Waals surface area (Å²) >= 11 is 0. The Kier molecular flexibility index (Phi) is 18.7. The zero-order valence-corrected chi connectivity index (χ0v) is 38.1. The number of amides is 5.